The van der Waals surface area contributed by atoms with E-state index in [4.69, 9.17) is 13.7 Å². The number of esters is 1. The largest absolute Gasteiger partial charge is 0.452 e. The number of nitrogens with zero attached hydrogens (tertiary/aromatic N) is 3. The first kappa shape index (κ1) is 20.2. The summed E-state index contributed by atoms with van der Waals surface area (Å²) in [6.45, 7) is 5.45. The van der Waals surface area contributed by atoms with Crippen LogP contribution in [0.1, 0.15) is 37.0 Å². The van der Waals surface area contributed by atoms with Crippen LogP contribution in [0.2, 0.25) is 0 Å². The average Bonchev–Trinajstić information content (AvgIpc) is 3.34. The molecule has 0 saturated carbocycles. The molecular weight excluding hydrogens is 376 g/mol. The topological polar surface area (TPSA) is 120 Å². The summed E-state index contributed by atoms with van der Waals surface area (Å²) in [5.74, 6) is 0.564. The Morgan fingerprint density at radius 2 is 1.93 bits per heavy atom. The molecule has 0 bridgehead atoms. The van der Waals surface area contributed by atoms with Crippen molar-refractivity contribution < 1.29 is 23.3 Å². The summed E-state index contributed by atoms with van der Waals surface area (Å²) in [4.78, 5) is 24.4. The number of amides is 1. The fraction of sp³-hybridized carbons (Fsp3) is 0.350. The highest BCUT2D eigenvalue weighted by atomic mass is 16.5. The summed E-state index contributed by atoms with van der Waals surface area (Å²) in [5, 5.41) is 14.2. The van der Waals surface area contributed by atoms with Gasteiger partial charge in [0.15, 0.2) is 11.9 Å². The van der Waals surface area contributed by atoms with Crippen LogP contribution in [0.25, 0.3) is 11.5 Å². The van der Waals surface area contributed by atoms with Crippen LogP contribution in [0.15, 0.2) is 39.3 Å². The first-order valence-corrected chi connectivity index (χ1v) is 9.27. The number of ether oxygens (including phenoxy) is 1. The quantitative estimate of drug-likeness (QED) is 0.574. The molecule has 1 amide bonds. The van der Waals surface area contributed by atoms with Gasteiger partial charge in [0.1, 0.15) is 5.76 Å². The number of carbonyl (C=O) groups excluding carboxylic acids is 2. The van der Waals surface area contributed by atoms with E-state index < -0.39 is 18.0 Å². The molecule has 9 heteroatoms. The van der Waals surface area contributed by atoms with Gasteiger partial charge in [-0.05, 0) is 32.4 Å². The minimum atomic E-state index is -0.926. The van der Waals surface area contributed by atoms with E-state index in [1.165, 1.54) is 0 Å². The molecule has 0 radical (unpaired) electrons. The molecule has 29 heavy (non-hydrogen) atoms. The Labute approximate surface area is 167 Å². The molecule has 0 aliphatic heterocycles. The van der Waals surface area contributed by atoms with Crippen molar-refractivity contribution in [2.75, 3.05) is 5.32 Å². The Kier molecular flexibility index (Phi) is 6.38. The smallest absolute Gasteiger partial charge is 0.307 e. The normalized spacial score (nSPS) is 11.8. The van der Waals surface area contributed by atoms with Crippen LogP contribution < -0.4 is 5.32 Å². The number of benzene rings is 1. The Morgan fingerprint density at radius 3 is 2.59 bits per heavy atom. The molecule has 0 spiro atoms. The molecule has 152 valence electrons. The lowest BCUT2D eigenvalue weighted by Crippen LogP contribution is -2.32. The Morgan fingerprint density at radius 1 is 1.17 bits per heavy atom. The highest BCUT2D eigenvalue weighted by Gasteiger charge is 2.22. The third-order valence-corrected chi connectivity index (χ3v) is 4.12. The molecule has 0 unspecified atom stereocenters. The molecule has 0 aliphatic carbocycles. The molecule has 2 aromatic heterocycles. The fourth-order valence-corrected chi connectivity index (χ4v) is 2.55. The molecule has 3 aromatic rings. The van der Waals surface area contributed by atoms with Crippen molar-refractivity contribution in [2.24, 2.45) is 0 Å². The van der Waals surface area contributed by atoms with Crippen molar-refractivity contribution in [3.8, 4) is 11.5 Å². The van der Waals surface area contributed by atoms with Gasteiger partial charge in [0.05, 0.1) is 6.42 Å². The van der Waals surface area contributed by atoms with Gasteiger partial charge in [-0.1, -0.05) is 29.8 Å². The molecule has 2 heterocycles. The van der Waals surface area contributed by atoms with Gasteiger partial charge in [0.2, 0.25) is 11.8 Å². The molecule has 1 aromatic carbocycles. The number of anilines is 1. The number of aryl methyl sites for hydroxylation is 3. The standard InChI is InChI=1S/C20H22N4O5/c1-4-15(19(26)21-16-11-13(3)29-24-16)27-18(25)10-9-17-22-23-20(28-17)14-7-5-12(2)6-8-14/h5-8,11,15H,4,9-10H2,1-3H3,(H,21,24,26)/t15-/m1/s1. The highest BCUT2D eigenvalue weighted by Crippen LogP contribution is 2.19. The van der Waals surface area contributed by atoms with E-state index in [9.17, 15) is 9.59 Å². The number of hydrogen-bond acceptors (Lipinski definition) is 8. The number of nitrogens with one attached hydrogen (secondary N) is 1. The first-order chi connectivity index (χ1) is 13.9. The van der Waals surface area contributed by atoms with E-state index in [0.717, 1.165) is 11.1 Å². The van der Waals surface area contributed by atoms with E-state index in [-0.39, 0.29) is 18.7 Å². The minimum absolute atomic E-state index is 0.0162. The summed E-state index contributed by atoms with van der Waals surface area (Å²) < 4.78 is 15.8. The van der Waals surface area contributed by atoms with Crippen LogP contribution in [0.4, 0.5) is 5.82 Å². The first-order valence-electron chi connectivity index (χ1n) is 9.27. The van der Waals surface area contributed by atoms with Gasteiger partial charge in [-0.15, -0.1) is 10.2 Å². The van der Waals surface area contributed by atoms with Crippen LogP contribution in [0.5, 0.6) is 0 Å². The van der Waals surface area contributed by atoms with Gasteiger partial charge >= 0.3 is 5.97 Å². The third kappa shape index (κ3) is 5.50. The van der Waals surface area contributed by atoms with E-state index in [1.54, 1.807) is 19.9 Å². The SMILES string of the molecule is CC[C@@H](OC(=O)CCc1nnc(-c2ccc(C)cc2)o1)C(=O)Nc1cc(C)on1. The van der Waals surface area contributed by atoms with E-state index >= 15 is 0 Å². The lowest BCUT2D eigenvalue weighted by molar-refractivity contribution is -0.154. The molecule has 3 rings (SSSR count). The summed E-state index contributed by atoms with van der Waals surface area (Å²) in [6, 6.07) is 9.26. The van der Waals surface area contributed by atoms with Crippen molar-refractivity contribution in [1.29, 1.82) is 0 Å². The molecule has 0 fully saturated rings. The third-order valence-electron chi connectivity index (χ3n) is 4.12. The van der Waals surface area contributed by atoms with Crippen molar-refractivity contribution >= 4 is 17.7 Å². The maximum Gasteiger partial charge on any atom is 0.307 e. The second-order valence-electron chi connectivity index (χ2n) is 6.57. The van der Waals surface area contributed by atoms with Gasteiger partial charge in [-0.3, -0.25) is 9.59 Å². The van der Waals surface area contributed by atoms with Gasteiger partial charge in [-0.2, -0.15) is 0 Å². The highest BCUT2D eigenvalue weighted by molar-refractivity contribution is 5.94. The lowest BCUT2D eigenvalue weighted by atomic mass is 10.1. The molecule has 1 atom stereocenters. The van der Waals surface area contributed by atoms with Crippen molar-refractivity contribution in [1.82, 2.24) is 15.4 Å². The Balaban J connectivity index is 1.50. The van der Waals surface area contributed by atoms with Crippen LogP contribution >= 0.6 is 0 Å². The van der Waals surface area contributed by atoms with Crippen molar-refractivity contribution in [3.05, 3.63) is 47.5 Å². The van der Waals surface area contributed by atoms with Crippen LogP contribution in [0, 0.1) is 13.8 Å². The Hall–Kier alpha value is -3.49. The number of carbonyl (C=O) groups is 2. The molecular formula is C20H22N4O5. The number of aromatic nitrogens is 3. The zero-order valence-corrected chi connectivity index (χ0v) is 16.5. The number of hydrogen-bond donors (Lipinski definition) is 1. The van der Waals surface area contributed by atoms with Crippen molar-refractivity contribution in [2.45, 2.75) is 46.1 Å². The second-order valence-corrected chi connectivity index (χ2v) is 6.57. The zero-order chi connectivity index (χ0) is 20.8. The van der Waals surface area contributed by atoms with E-state index in [0.29, 0.717) is 24.0 Å². The van der Waals surface area contributed by atoms with Gasteiger partial charge in [0.25, 0.3) is 5.91 Å². The predicted octanol–water partition coefficient (Wildman–Crippen LogP) is 3.23. The molecule has 0 saturated heterocycles. The Bertz CT molecular complexity index is 977. The van der Waals surface area contributed by atoms with Gasteiger partial charge in [-0.25, -0.2) is 0 Å². The average molecular weight is 398 g/mol. The summed E-state index contributed by atoms with van der Waals surface area (Å²) in [7, 11) is 0. The summed E-state index contributed by atoms with van der Waals surface area (Å²) in [6.07, 6.45) is -0.363. The predicted molar refractivity (Wildman–Crippen MR) is 103 cm³/mol. The van der Waals surface area contributed by atoms with Crippen LogP contribution in [-0.2, 0) is 20.7 Å². The maximum absolute atomic E-state index is 12.2. The second kappa shape index (κ2) is 9.13. The van der Waals surface area contributed by atoms with Crippen molar-refractivity contribution in [3.63, 3.8) is 0 Å². The lowest BCUT2D eigenvalue weighted by Gasteiger charge is -2.14. The van der Waals surface area contributed by atoms with E-state index in [1.807, 2.05) is 31.2 Å². The van der Waals surface area contributed by atoms with Crippen LogP contribution in [-0.4, -0.2) is 33.3 Å². The molecule has 1 N–H and O–H groups in total. The summed E-state index contributed by atoms with van der Waals surface area (Å²) in [5.41, 5.74) is 1.94. The molecule has 9 nitrogen and oxygen atoms in total. The fourth-order valence-electron chi connectivity index (χ4n) is 2.55. The summed E-state index contributed by atoms with van der Waals surface area (Å²) >= 11 is 0. The zero-order valence-electron chi connectivity index (χ0n) is 16.5. The van der Waals surface area contributed by atoms with E-state index in [2.05, 4.69) is 20.7 Å². The monoisotopic (exact) mass is 398 g/mol. The maximum atomic E-state index is 12.2. The molecule has 0 aliphatic rings. The van der Waals surface area contributed by atoms with Gasteiger partial charge in [0, 0.05) is 18.1 Å². The minimum Gasteiger partial charge on any atom is -0.452 e. The van der Waals surface area contributed by atoms with Crippen LogP contribution in [0.3, 0.4) is 0 Å². The van der Waals surface area contributed by atoms with Gasteiger partial charge < -0.3 is 19.0 Å². The number of rotatable bonds is 8.